The van der Waals surface area contributed by atoms with Crippen molar-refractivity contribution in [3.05, 3.63) is 0 Å². The molecule has 1 heterocycles. The third-order valence-electron chi connectivity index (χ3n) is 2.36. The first-order valence-electron chi connectivity index (χ1n) is 4.62. The molecule has 1 aliphatic heterocycles. The van der Waals surface area contributed by atoms with Crippen LogP contribution < -0.4 is 11.1 Å². The Hall–Kier alpha value is -0.730. The molecule has 1 saturated heterocycles. The second kappa shape index (κ2) is 4.86. The van der Waals surface area contributed by atoms with E-state index >= 15 is 0 Å². The molecule has 0 aromatic heterocycles. The van der Waals surface area contributed by atoms with Gasteiger partial charge in [-0.1, -0.05) is 0 Å². The van der Waals surface area contributed by atoms with Gasteiger partial charge in [-0.05, 0) is 0 Å². The molecule has 0 aromatic carbocycles. The van der Waals surface area contributed by atoms with Crippen LogP contribution in [0, 0.1) is 0 Å². The van der Waals surface area contributed by atoms with Gasteiger partial charge in [0.05, 0.1) is 24.8 Å². The van der Waals surface area contributed by atoms with Gasteiger partial charge in [-0.15, -0.1) is 0 Å². The average Bonchev–Trinajstić information content (AvgIpc) is 2.18. The Bertz CT molecular complexity index is 237. The highest BCUT2D eigenvalue weighted by Gasteiger charge is 2.42. The van der Waals surface area contributed by atoms with Crippen LogP contribution in [0.25, 0.3) is 0 Å². The minimum absolute atomic E-state index is 0.382. The van der Waals surface area contributed by atoms with Gasteiger partial charge in [0.1, 0.15) is 6.10 Å². The van der Waals surface area contributed by atoms with Gasteiger partial charge in [0.15, 0.2) is 6.29 Å². The molecule has 88 valence electrons. The lowest BCUT2D eigenvalue weighted by Crippen LogP contribution is -2.67. The fourth-order valence-electron chi connectivity index (χ4n) is 1.55. The summed E-state index contributed by atoms with van der Waals surface area (Å²) in [6, 6.07) is -1.75. The number of aliphatic hydroxyl groups is 3. The molecule has 5 atom stereocenters. The van der Waals surface area contributed by atoms with Crippen LogP contribution in [0.3, 0.4) is 0 Å². The molecule has 7 heteroatoms. The van der Waals surface area contributed by atoms with Gasteiger partial charge in [0.25, 0.3) is 0 Å². The molecule has 1 rings (SSSR count). The largest absolute Gasteiger partial charge is 0.394 e. The van der Waals surface area contributed by atoms with Crippen LogP contribution in [0.4, 0.5) is 0 Å². The maximum atomic E-state index is 10.8. The number of nitrogens with two attached hydrogens (primary N) is 1. The summed E-state index contributed by atoms with van der Waals surface area (Å²) < 4.78 is 4.89. The number of aliphatic hydroxyl groups excluding tert-OH is 3. The topological polar surface area (TPSA) is 125 Å². The van der Waals surface area contributed by atoms with Gasteiger partial charge in [0, 0.05) is 6.92 Å². The van der Waals surface area contributed by atoms with Crippen molar-refractivity contribution in [2.75, 3.05) is 6.61 Å². The molecule has 15 heavy (non-hydrogen) atoms. The number of ether oxygens (including phenoxy) is 1. The van der Waals surface area contributed by atoms with E-state index < -0.39 is 37.2 Å². The van der Waals surface area contributed by atoms with Crippen LogP contribution in [-0.4, -0.2) is 58.4 Å². The summed E-state index contributed by atoms with van der Waals surface area (Å²) in [5, 5.41) is 30.2. The zero-order valence-corrected chi connectivity index (χ0v) is 8.33. The summed E-state index contributed by atoms with van der Waals surface area (Å²) in [5.74, 6) is -0.382. The number of amides is 1. The number of hydrogen-bond donors (Lipinski definition) is 5. The number of carbonyl (C=O) groups is 1. The monoisotopic (exact) mass is 220 g/mol. The summed E-state index contributed by atoms with van der Waals surface area (Å²) in [4.78, 5) is 10.8. The van der Waals surface area contributed by atoms with Gasteiger partial charge >= 0.3 is 0 Å². The molecule has 7 nitrogen and oxygen atoms in total. The smallest absolute Gasteiger partial charge is 0.217 e. The summed E-state index contributed by atoms with van der Waals surface area (Å²) >= 11 is 0. The van der Waals surface area contributed by atoms with Crippen molar-refractivity contribution < 1.29 is 24.9 Å². The van der Waals surface area contributed by atoms with E-state index in [1.165, 1.54) is 6.92 Å². The Morgan fingerprint density at radius 1 is 1.53 bits per heavy atom. The SMILES string of the molecule is CC(=O)N[C@H]1[C@H](N)[C@H](O)[C@@H](CO)O[C@@H]1O. The Morgan fingerprint density at radius 3 is 2.60 bits per heavy atom. The first-order chi connectivity index (χ1) is 6.97. The quantitative estimate of drug-likeness (QED) is 0.335. The zero-order valence-electron chi connectivity index (χ0n) is 8.33. The zero-order chi connectivity index (χ0) is 11.6. The Balaban J connectivity index is 2.70. The van der Waals surface area contributed by atoms with Crippen molar-refractivity contribution in [3.8, 4) is 0 Å². The first kappa shape index (κ1) is 12.3. The molecule has 0 saturated carbocycles. The van der Waals surface area contributed by atoms with Crippen LogP contribution >= 0.6 is 0 Å². The normalized spacial score (nSPS) is 41.3. The lowest BCUT2D eigenvalue weighted by molar-refractivity contribution is -0.227. The van der Waals surface area contributed by atoms with E-state index in [9.17, 15) is 15.0 Å². The van der Waals surface area contributed by atoms with Crippen molar-refractivity contribution >= 4 is 5.91 Å². The van der Waals surface area contributed by atoms with E-state index in [1.54, 1.807) is 0 Å². The van der Waals surface area contributed by atoms with Crippen LogP contribution in [0.1, 0.15) is 6.92 Å². The van der Waals surface area contributed by atoms with Gasteiger partial charge in [-0.25, -0.2) is 0 Å². The highest BCUT2D eigenvalue weighted by molar-refractivity contribution is 5.73. The molecule has 0 unspecified atom stereocenters. The second-order valence-electron chi connectivity index (χ2n) is 3.54. The second-order valence-corrected chi connectivity index (χ2v) is 3.54. The predicted molar refractivity (Wildman–Crippen MR) is 49.6 cm³/mol. The van der Waals surface area contributed by atoms with E-state index in [-0.39, 0.29) is 5.91 Å². The first-order valence-corrected chi connectivity index (χ1v) is 4.62. The molecule has 0 bridgehead atoms. The van der Waals surface area contributed by atoms with Gasteiger partial charge in [-0.3, -0.25) is 4.79 Å². The minimum atomic E-state index is -1.33. The molecule has 0 radical (unpaired) electrons. The van der Waals surface area contributed by atoms with Gasteiger partial charge in [0.2, 0.25) is 5.91 Å². The standard InChI is InChI=1S/C8H16N2O5/c1-3(12)10-6-5(9)7(13)4(2-11)15-8(6)14/h4-8,11,13-14H,2,9H2,1H3,(H,10,12)/t4-,5+,6+,7-,8+/m1/s1. The Kier molecular flexibility index (Phi) is 4.00. The predicted octanol–water partition coefficient (Wildman–Crippen LogP) is -3.11. The number of nitrogens with one attached hydrogen (secondary N) is 1. The molecular weight excluding hydrogens is 204 g/mol. The number of carbonyl (C=O) groups excluding carboxylic acids is 1. The van der Waals surface area contributed by atoms with E-state index in [0.29, 0.717) is 0 Å². The molecule has 6 N–H and O–H groups in total. The van der Waals surface area contributed by atoms with Crippen LogP contribution in [0.5, 0.6) is 0 Å². The third kappa shape index (κ3) is 2.64. The van der Waals surface area contributed by atoms with E-state index in [4.69, 9.17) is 15.6 Å². The Morgan fingerprint density at radius 2 is 2.13 bits per heavy atom. The van der Waals surface area contributed by atoms with Crippen molar-refractivity contribution in [1.82, 2.24) is 5.32 Å². The van der Waals surface area contributed by atoms with Crippen LogP contribution in [0.15, 0.2) is 0 Å². The van der Waals surface area contributed by atoms with Gasteiger partial charge in [-0.2, -0.15) is 0 Å². The van der Waals surface area contributed by atoms with Crippen LogP contribution in [0.2, 0.25) is 0 Å². The molecule has 0 aliphatic carbocycles. The van der Waals surface area contributed by atoms with Crippen molar-refractivity contribution in [3.63, 3.8) is 0 Å². The highest BCUT2D eigenvalue weighted by atomic mass is 16.6. The number of hydrogen-bond acceptors (Lipinski definition) is 6. The summed E-state index contributed by atoms with van der Waals surface area (Å²) in [7, 11) is 0. The maximum Gasteiger partial charge on any atom is 0.217 e. The van der Waals surface area contributed by atoms with E-state index in [0.717, 1.165) is 0 Å². The summed E-state index contributed by atoms with van der Waals surface area (Å²) in [5.41, 5.74) is 5.61. The Labute approximate surface area is 86.8 Å². The molecule has 1 fully saturated rings. The van der Waals surface area contributed by atoms with Crippen molar-refractivity contribution in [1.29, 1.82) is 0 Å². The van der Waals surface area contributed by atoms with E-state index in [2.05, 4.69) is 5.32 Å². The molecular formula is C8H16N2O5. The van der Waals surface area contributed by atoms with E-state index in [1.807, 2.05) is 0 Å². The lowest BCUT2D eigenvalue weighted by Gasteiger charge is -2.40. The minimum Gasteiger partial charge on any atom is -0.394 e. The third-order valence-corrected chi connectivity index (χ3v) is 2.36. The highest BCUT2D eigenvalue weighted by Crippen LogP contribution is 2.18. The molecule has 1 amide bonds. The fraction of sp³-hybridized carbons (Fsp3) is 0.875. The molecule has 0 aromatic rings. The summed E-state index contributed by atoms with van der Waals surface area (Å²) in [6.45, 7) is 0.822. The molecule has 1 aliphatic rings. The summed E-state index contributed by atoms with van der Waals surface area (Å²) in [6.07, 6.45) is -3.39. The average molecular weight is 220 g/mol. The van der Waals surface area contributed by atoms with Crippen molar-refractivity contribution in [2.45, 2.75) is 37.5 Å². The van der Waals surface area contributed by atoms with Crippen LogP contribution in [-0.2, 0) is 9.53 Å². The fourth-order valence-corrected chi connectivity index (χ4v) is 1.55. The lowest BCUT2D eigenvalue weighted by atomic mass is 9.95. The maximum absolute atomic E-state index is 10.8. The molecule has 0 spiro atoms. The number of rotatable bonds is 2. The van der Waals surface area contributed by atoms with Gasteiger partial charge < -0.3 is 31.1 Å². The van der Waals surface area contributed by atoms with Crippen molar-refractivity contribution in [2.24, 2.45) is 5.73 Å².